The molecule has 3 rings (SSSR count). The smallest absolute Gasteiger partial charge is 0.385 e. The van der Waals surface area contributed by atoms with Crippen LogP contribution in [-0.4, -0.2) is 49.2 Å². The van der Waals surface area contributed by atoms with Gasteiger partial charge in [-0.3, -0.25) is 4.79 Å². The summed E-state index contributed by atoms with van der Waals surface area (Å²) < 4.78 is 40.5. The molecule has 1 saturated heterocycles. The van der Waals surface area contributed by atoms with Crippen LogP contribution in [0.4, 0.5) is 13.2 Å². The van der Waals surface area contributed by atoms with Crippen molar-refractivity contribution >= 4 is 5.91 Å². The highest BCUT2D eigenvalue weighted by Gasteiger charge is 2.40. The van der Waals surface area contributed by atoms with Crippen molar-refractivity contribution in [3.05, 3.63) is 41.7 Å². The molecule has 158 valence electrons. The summed E-state index contributed by atoms with van der Waals surface area (Å²) in [5.74, 6) is -0.159. The predicted octanol–water partition coefficient (Wildman–Crippen LogP) is 2.79. The van der Waals surface area contributed by atoms with Crippen LogP contribution in [0.2, 0.25) is 0 Å². The van der Waals surface area contributed by atoms with Gasteiger partial charge in [0, 0.05) is 13.1 Å². The third-order valence-corrected chi connectivity index (χ3v) is 5.72. The van der Waals surface area contributed by atoms with Crippen molar-refractivity contribution in [2.75, 3.05) is 13.1 Å². The highest BCUT2D eigenvalue weighted by molar-refractivity contribution is 5.80. The van der Waals surface area contributed by atoms with E-state index in [1.54, 1.807) is 4.90 Å². The SMILES string of the molecule is CC[C@H](C)[C@@H](C(=O)N1CCC(O)(c2cccc(C(F)(F)F)c2)CC1)n1cnnn1. The lowest BCUT2D eigenvalue weighted by Crippen LogP contribution is -2.48. The Balaban J connectivity index is 1.75. The summed E-state index contributed by atoms with van der Waals surface area (Å²) in [5, 5.41) is 22.0. The molecule has 0 radical (unpaired) electrons. The number of hydrogen-bond donors (Lipinski definition) is 1. The summed E-state index contributed by atoms with van der Waals surface area (Å²) in [7, 11) is 0. The molecule has 1 aromatic heterocycles. The van der Waals surface area contributed by atoms with Crippen molar-refractivity contribution in [2.45, 2.75) is 50.9 Å². The van der Waals surface area contributed by atoms with Gasteiger partial charge >= 0.3 is 6.18 Å². The van der Waals surface area contributed by atoms with E-state index in [2.05, 4.69) is 15.5 Å². The molecule has 0 unspecified atom stereocenters. The van der Waals surface area contributed by atoms with E-state index < -0.39 is 23.4 Å². The molecule has 2 atom stereocenters. The Morgan fingerprint density at radius 1 is 1.31 bits per heavy atom. The fourth-order valence-corrected chi connectivity index (χ4v) is 3.69. The van der Waals surface area contributed by atoms with Gasteiger partial charge in [0.25, 0.3) is 0 Å². The number of carbonyl (C=O) groups excluding carboxylic acids is 1. The van der Waals surface area contributed by atoms with Gasteiger partial charge in [-0.05, 0) is 46.9 Å². The summed E-state index contributed by atoms with van der Waals surface area (Å²) in [6.45, 7) is 4.38. The standard InChI is InChI=1S/C19H24F3N5O2/c1-3-13(2)16(27-12-23-24-25-27)17(28)26-9-7-18(29,8-10-26)14-5-4-6-15(11-14)19(20,21)22/h4-6,11-13,16,29H,3,7-10H2,1-2H3/t13-,16-/m0/s1. The fourth-order valence-electron chi connectivity index (χ4n) is 3.69. The van der Waals surface area contributed by atoms with Crippen LogP contribution >= 0.6 is 0 Å². The maximum Gasteiger partial charge on any atom is 0.416 e. The number of amides is 1. The van der Waals surface area contributed by atoms with E-state index in [-0.39, 0.29) is 43.3 Å². The van der Waals surface area contributed by atoms with E-state index in [1.807, 2.05) is 13.8 Å². The predicted molar refractivity (Wildman–Crippen MR) is 97.5 cm³/mol. The molecule has 0 aliphatic carbocycles. The highest BCUT2D eigenvalue weighted by atomic mass is 19.4. The lowest BCUT2D eigenvalue weighted by Gasteiger charge is -2.40. The number of hydrogen-bond acceptors (Lipinski definition) is 5. The zero-order valence-corrected chi connectivity index (χ0v) is 16.3. The van der Waals surface area contributed by atoms with Crippen molar-refractivity contribution in [3.63, 3.8) is 0 Å². The number of likely N-dealkylation sites (tertiary alicyclic amines) is 1. The van der Waals surface area contributed by atoms with Crippen LogP contribution in [0.3, 0.4) is 0 Å². The Labute approximate surface area is 166 Å². The van der Waals surface area contributed by atoms with Gasteiger partial charge in [-0.1, -0.05) is 32.4 Å². The molecular formula is C19H24F3N5O2. The van der Waals surface area contributed by atoms with E-state index in [0.717, 1.165) is 18.6 Å². The third-order valence-electron chi connectivity index (χ3n) is 5.72. The minimum atomic E-state index is -4.47. The first kappa shape index (κ1) is 21.2. The van der Waals surface area contributed by atoms with Gasteiger partial charge in [0.05, 0.1) is 11.2 Å². The fraction of sp³-hybridized carbons (Fsp3) is 0.579. The molecule has 0 saturated carbocycles. The molecule has 2 aromatic rings. The van der Waals surface area contributed by atoms with Gasteiger partial charge in [-0.2, -0.15) is 13.2 Å². The molecule has 29 heavy (non-hydrogen) atoms. The molecule has 1 N–H and O–H groups in total. The maximum absolute atomic E-state index is 13.1. The number of halogens is 3. The van der Waals surface area contributed by atoms with Crippen molar-refractivity contribution < 1.29 is 23.1 Å². The van der Waals surface area contributed by atoms with Gasteiger partial charge in [0.2, 0.25) is 5.91 Å². The van der Waals surface area contributed by atoms with Crippen LogP contribution in [0.25, 0.3) is 0 Å². The first-order chi connectivity index (χ1) is 13.7. The Bertz CT molecular complexity index is 833. The number of benzene rings is 1. The van der Waals surface area contributed by atoms with Crippen LogP contribution in [0.5, 0.6) is 0 Å². The average Bonchev–Trinajstić information content (AvgIpc) is 3.22. The monoisotopic (exact) mass is 411 g/mol. The molecule has 7 nitrogen and oxygen atoms in total. The molecule has 2 heterocycles. The van der Waals surface area contributed by atoms with E-state index in [4.69, 9.17) is 0 Å². The van der Waals surface area contributed by atoms with Crippen LogP contribution in [0, 0.1) is 5.92 Å². The van der Waals surface area contributed by atoms with Gasteiger partial charge in [-0.25, -0.2) is 4.68 Å². The van der Waals surface area contributed by atoms with Crippen LogP contribution in [-0.2, 0) is 16.6 Å². The molecule has 0 bridgehead atoms. The number of aromatic nitrogens is 4. The molecular weight excluding hydrogens is 387 g/mol. The van der Waals surface area contributed by atoms with Crippen LogP contribution in [0.15, 0.2) is 30.6 Å². The number of piperidine rings is 1. The summed E-state index contributed by atoms with van der Waals surface area (Å²) in [4.78, 5) is 14.7. The van der Waals surface area contributed by atoms with Crippen LogP contribution in [0.1, 0.15) is 50.3 Å². The number of rotatable bonds is 5. The van der Waals surface area contributed by atoms with E-state index in [1.165, 1.54) is 23.1 Å². The van der Waals surface area contributed by atoms with E-state index in [9.17, 15) is 23.1 Å². The summed E-state index contributed by atoms with van der Waals surface area (Å²) in [6.07, 6.45) is -2.01. The minimum Gasteiger partial charge on any atom is -0.385 e. The topological polar surface area (TPSA) is 84.1 Å². The van der Waals surface area contributed by atoms with Crippen molar-refractivity contribution in [3.8, 4) is 0 Å². The maximum atomic E-state index is 13.1. The highest BCUT2D eigenvalue weighted by Crippen LogP contribution is 2.37. The first-order valence-electron chi connectivity index (χ1n) is 9.57. The Morgan fingerprint density at radius 2 is 2.00 bits per heavy atom. The quantitative estimate of drug-likeness (QED) is 0.818. The van der Waals surface area contributed by atoms with E-state index >= 15 is 0 Å². The number of carbonyl (C=O) groups is 1. The molecule has 1 aliphatic heterocycles. The second kappa shape index (κ2) is 8.10. The number of alkyl halides is 3. The molecule has 1 aromatic carbocycles. The molecule has 1 amide bonds. The third kappa shape index (κ3) is 4.42. The zero-order valence-electron chi connectivity index (χ0n) is 16.3. The lowest BCUT2D eigenvalue weighted by molar-refractivity contribution is -0.141. The Hall–Kier alpha value is -2.49. The van der Waals surface area contributed by atoms with E-state index in [0.29, 0.717) is 0 Å². The normalized spacial score (nSPS) is 19.0. The zero-order chi connectivity index (χ0) is 21.2. The number of nitrogens with zero attached hydrogens (tertiary/aromatic N) is 5. The van der Waals surface area contributed by atoms with Gasteiger partial charge in [0.1, 0.15) is 12.4 Å². The molecule has 1 aliphatic rings. The molecule has 10 heteroatoms. The molecule has 0 spiro atoms. The number of tetrazole rings is 1. The van der Waals surface area contributed by atoms with Crippen molar-refractivity contribution in [1.82, 2.24) is 25.1 Å². The van der Waals surface area contributed by atoms with Crippen LogP contribution < -0.4 is 0 Å². The second-order valence-corrected chi connectivity index (χ2v) is 7.56. The average molecular weight is 411 g/mol. The summed E-state index contributed by atoms with van der Waals surface area (Å²) in [6, 6.07) is 4.20. The lowest BCUT2D eigenvalue weighted by atomic mass is 9.83. The minimum absolute atomic E-state index is 0.00437. The Morgan fingerprint density at radius 3 is 2.55 bits per heavy atom. The summed E-state index contributed by atoms with van der Waals surface area (Å²) >= 11 is 0. The molecule has 1 fully saturated rings. The largest absolute Gasteiger partial charge is 0.416 e. The van der Waals surface area contributed by atoms with Crippen molar-refractivity contribution in [1.29, 1.82) is 0 Å². The van der Waals surface area contributed by atoms with Gasteiger partial charge in [0.15, 0.2) is 0 Å². The van der Waals surface area contributed by atoms with Gasteiger partial charge < -0.3 is 10.0 Å². The summed E-state index contributed by atoms with van der Waals surface area (Å²) in [5.41, 5.74) is -1.98. The van der Waals surface area contributed by atoms with Gasteiger partial charge in [-0.15, -0.1) is 5.10 Å². The second-order valence-electron chi connectivity index (χ2n) is 7.56. The first-order valence-corrected chi connectivity index (χ1v) is 9.57. The Kier molecular flexibility index (Phi) is 5.92. The number of aliphatic hydroxyl groups is 1. The van der Waals surface area contributed by atoms with Crippen molar-refractivity contribution in [2.24, 2.45) is 5.92 Å².